The van der Waals surface area contributed by atoms with Crippen LogP contribution in [0.3, 0.4) is 0 Å². The van der Waals surface area contributed by atoms with E-state index in [0.717, 1.165) is 11.3 Å². The fourth-order valence-electron chi connectivity index (χ4n) is 2.23. The highest BCUT2D eigenvalue weighted by Crippen LogP contribution is 2.29. The SMILES string of the molecule is CC(O)c1c(N)ccc(N)c1CNc1cccc(N)c1. The summed E-state index contributed by atoms with van der Waals surface area (Å²) in [7, 11) is 0. The summed E-state index contributed by atoms with van der Waals surface area (Å²) < 4.78 is 0. The van der Waals surface area contributed by atoms with Crippen molar-refractivity contribution in [3.05, 3.63) is 47.5 Å². The molecular formula is C15H20N4O. The van der Waals surface area contributed by atoms with Crippen LogP contribution in [0.15, 0.2) is 36.4 Å². The molecule has 0 saturated heterocycles. The van der Waals surface area contributed by atoms with Crippen molar-refractivity contribution in [2.75, 3.05) is 22.5 Å². The number of hydrogen-bond acceptors (Lipinski definition) is 5. The van der Waals surface area contributed by atoms with Gasteiger partial charge in [-0.05, 0) is 37.3 Å². The molecule has 0 aliphatic carbocycles. The maximum atomic E-state index is 9.87. The molecule has 0 aliphatic rings. The minimum atomic E-state index is -0.670. The molecule has 1 unspecified atom stereocenters. The monoisotopic (exact) mass is 272 g/mol. The van der Waals surface area contributed by atoms with E-state index >= 15 is 0 Å². The van der Waals surface area contributed by atoms with Crippen LogP contribution in [0.2, 0.25) is 0 Å². The van der Waals surface area contributed by atoms with Crippen LogP contribution in [0.25, 0.3) is 0 Å². The second-order valence-electron chi connectivity index (χ2n) is 4.79. The zero-order valence-corrected chi connectivity index (χ0v) is 11.4. The lowest BCUT2D eigenvalue weighted by Crippen LogP contribution is -2.11. The van der Waals surface area contributed by atoms with Crippen LogP contribution in [-0.4, -0.2) is 5.11 Å². The summed E-state index contributed by atoms with van der Waals surface area (Å²) in [6.45, 7) is 2.15. The van der Waals surface area contributed by atoms with E-state index in [0.29, 0.717) is 29.2 Å². The van der Waals surface area contributed by atoms with Crippen LogP contribution in [0.5, 0.6) is 0 Å². The van der Waals surface area contributed by atoms with Crippen molar-refractivity contribution in [2.45, 2.75) is 19.6 Å². The van der Waals surface area contributed by atoms with Crippen molar-refractivity contribution in [3.63, 3.8) is 0 Å². The number of anilines is 4. The average molecular weight is 272 g/mol. The Balaban J connectivity index is 2.27. The van der Waals surface area contributed by atoms with Gasteiger partial charge in [0, 0.05) is 40.4 Å². The Morgan fingerprint density at radius 3 is 2.45 bits per heavy atom. The van der Waals surface area contributed by atoms with E-state index in [1.807, 2.05) is 24.3 Å². The first-order chi connectivity index (χ1) is 9.49. The van der Waals surface area contributed by atoms with Gasteiger partial charge in [-0.3, -0.25) is 0 Å². The standard InChI is InChI=1S/C15H20N4O/c1-9(20)15-12(13(17)5-6-14(15)18)8-19-11-4-2-3-10(16)7-11/h2-7,9,19-20H,8,16-18H2,1H3. The van der Waals surface area contributed by atoms with Gasteiger partial charge in [-0.2, -0.15) is 0 Å². The molecule has 20 heavy (non-hydrogen) atoms. The minimum absolute atomic E-state index is 0.473. The van der Waals surface area contributed by atoms with Crippen LogP contribution < -0.4 is 22.5 Å². The largest absolute Gasteiger partial charge is 0.399 e. The first kappa shape index (κ1) is 14.0. The van der Waals surface area contributed by atoms with Crippen molar-refractivity contribution >= 4 is 22.7 Å². The normalized spacial score (nSPS) is 12.1. The van der Waals surface area contributed by atoms with Crippen LogP contribution in [-0.2, 0) is 6.54 Å². The van der Waals surface area contributed by atoms with Gasteiger partial charge in [0.1, 0.15) is 0 Å². The zero-order chi connectivity index (χ0) is 14.7. The molecule has 0 aliphatic heterocycles. The number of nitrogens with one attached hydrogen (secondary N) is 1. The molecule has 0 fully saturated rings. The lowest BCUT2D eigenvalue weighted by atomic mass is 9.99. The lowest BCUT2D eigenvalue weighted by molar-refractivity contribution is 0.199. The summed E-state index contributed by atoms with van der Waals surface area (Å²) in [6.07, 6.45) is -0.670. The van der Waals surface area contributed by atoms with E-state index in [1.54, 1.807) is 19.1 Å². The fraction of sp³-hybridized carbons (Fsp3) is 0.200. The third-order valence-electron chi connectivity index (χ3n) is 3.20. The van der Waals surface area contributed by atoms with Crippen molar-refractivity contribution in [1.29, 1.82) is 0 Å². The molecule has 5 nitrogen and oxygen atoms in total. The maximum absolute atomic E-state index is 9.87. The van der Waals surface area contributed by atoms with E-state index in [9.17, 15) is 5.11 Å². The number of aliphatic hydroxyl groups is 1. The first-order valence-corrected chi connectivity index (χ1v) is 6.43. The fourth-order valence-corrected chi connectivity index (χ4v) is 2.23. The Bertz CT molecular complexity index is 611. The molecule has 106 valence electrons. The van der Waals surface area contributed by atoms with Crippen LogP contribution >= 0.6 is 0 Å². The molecule has 0 spiro atoms. The van der Waals surface area contributed by atoms with Gasteiger partial charge in [-0.1, -0.05) is 6.07 Å². The smallest absolute Gasteiger partial charge is 0.0786 e. The van der Waals surface area contributed by atoms with Crippen LogP contribution in [0.4, 0.5) is 22.7 Å². The van der Waals surface area contributed by atoms with Gasteiger partial charge in [0.25, 0.3) is 0 Å². The Morgan fingerprint density at radius 1 is 1.10 bits per heavy atom. The molecule has 0 saturated carbocycles. The molecule has 0 amide bonds. The van der Waals surface area contributed by atoms with Gasteiger partial charge in [0.15, 0.2) is 0 Å². The minimum Gasteiger partial charge on any atom is -0.399 e. The predicted molar refractivity (Wildman–Crippen MR) is 84.1 cm³/mol. The summed E-state index contributed by atoms with van der Waals surface area (Å²) in [5.74, 6) is 0. The van der Waals surface area contributed by atoms with E-state index in [2.05, 4.69) is 5.32 Å². The molecule has 8 N–H and O–H groups in total. The zero-order valence-electron chi connectivity index (χ0n) is 11.4. The second kappa shape index (κ2) is 5.71. The van der Waals surface area contributed by atoms with Gasteiger partial charge >= 0.3 is 0 Å². The Labute approximate surface area is 118 Å². The van der Waals surface area contributed by atoms with E-state index in [4.69, 9.17) is 17.2 Å². The number of benzene rings is 2. The Kier molecular flexibility index (Phi) is 4.00. The van der Waals surface area contributed by atoms with Gasteiger partial charge in [-0.25, -0.2) is 0 Å². The van der Waals surface area contributed by atoms with Crippen LogP contribution in [0, 0.1) is 0 Å². The number of nitrogen functional groups attached to an aromatic ring is 3. The molecule has 2 aromatic carbocycles. The highest BCUT2D eigenvalue weighted by atomic mass is 16.3. The summed E-state index contributed by atoms with van der Waals surface area (Å²) in [6, 6.07) is 10.9. The van der Waals surface area contributed by atoms with Gasteiger partial charge in [0.05, 0.1) is 6.10 Å². The number of hydrogen-bond donors (Lipinski definition) is 5. The van der Waals surface area contributed by atoms with Gasteiger partial charge < -0.3 is 27.6 Å². The number of nitrogens with two attached hydrogens (primary N) is 3. The number of rotatable bonds is 4. The molecule has 2 aromatic rings. The highest BCUT2D eigenvalue weighted by molar-refractivity contribution is 5.64. The van der Waals surface area contributed by atoms with Gasteiger partial charge in [-0.15, -0.1) is 0 Å². The molecular weight excluding hydrogens is 252 g/mol. The molecule has 2 rings (SSSR count). The third-order valence-corrected chi connectivity index (χ3v) is 3.20. The predicted octanol–water partition coefficient (Wildman–Crippen LogP) is 2.10. The Morgan fingerprint density at radius 2 is 1.80 bits per heavy atom. The van der Waals surface area contributed by atoms with Gasteiger partial charge in [0.2, 0.25) is 0 Å². The van der Waals surface area contributed by atoms with Crippen molar-refractivity contribution in [3.8, 4) is 0 Å². The molecule has 0 heterocycles. The van der Waals surface area contributed by atoms with E-state index < -0.39 is 6.10 Å². The molecule has 5 heteroatoms. The molecule has 1 atom stereocenters. The summed E-state index contributed by atoms with van der Waals surface area (Å²) in [5.41, 5.74) is 21.8. The summed E-state index contributed by atoms with van der Waals surface area (Å²) >= 11 is 0. The quantitative estimate of drug-likeness (QED) is 0.547. The van der Waals surface area contributed by atoms with Crippen LogP contribution in [0.1, 0.15) is 24.2 Å². The lowest BCUT2D eigenvalue weighted by Gasteiger charge is -2.18. The number of aliphatic hydroxyl groups excluding tert-OH is 1. The van der Waals surface area contributed by atoms with Crippen molar-refractivity contribution < 1.29 is 5.11 Å². The molecule has 0 radical (unpaired) electrons. The second-order valence-corrected chi connectivity index (χ2v) is 4.79. The van der Waals surface area contributed by atoms with Crippen molar-refractivity contribution in [2.24, 2.45) is 0 Å². The topological polar surface area (TPSA) is 110 Å². The first-order valence-electron chi connectivity index (χ1n) is 6.43. The Hall–Kier alpha value is -2.40. The van der Waals surface area contributed by atoms with E-state index in [1.165, 1.54) is 0 Å². The molecule has 0 aromatic heterocycles. The highest BCUT2D eigenvalue weighted by Gasteiger charge is 2.14. The maximum Gasteiger partial charge on any atom is 0.0786 e. The summed E-state index contributed by atoms with van der Waals surface area (Å²) in [5, 5.41) is 13.1. The third kappa shape index (κ3) is 2.95. The summed E-state index contributed by atoms with van der Waals surface area (Å²) in [4.78, 5) is 0. The van der Waals surface area contributed by atoms with Crippen molar-refractivity contribution in [1.82, 2.24) is 0 Å². The average Bonchev–Trinajstić information content (AvgIpc) is 2.39. The van der Waals surface area contributed by atoms with E-state index in [-0.39, 0.29) is 0 Å². The molecule has 0 bridgehead atoms.